The molecule has 1 N–H and O–H groups in total. The van der Waals surface area contributed by atoms with Gasteiger partial charge in [0, 0.05) is 18.0 Å². The van der Waals surface area contributed by atoms with E-state index in [0.29, 0.717) is 27.0 Å². The fraction of sp³-hybridized carbons (Fsp3) is 0.333. The van der Waals surface area contributed by atoms with E-state index in [1.165, 1.54) is 27.7 Å². The summed E-state index contributed by atoms with van der Waals surface area (Å²) >= 11 is 2.71. The number of carbonyl (C=O) groups excluding carboxylic acids is 1. The number of aryl methyl sites for hydroxylation is 3. The summed E-state index contributed by atoms with van der Waals surface area (Å²) in [5, 5.41) is 7.52. The molecular formula is C15H16N4O3S2. The van der Waals surface area contributed by atoms with Crippen LogP contribution in [0.3, 0.4) is 0 Å². The number of thiophene rings is 1. The average Bonchev–Trinajstić information content (AvgIpc) is 3.05. The van der Waals surface area contributed by atoms with Crippen LogP contribution in [0.2, 0.25) is 0 Å². The first-order valence-corrected chi connectivity index (χ1v) is 8.99. The average molecular weight is 364 g/mol. The van der Waals surface area contributed by atoms with Crippen LogP contribution >= 0.6 is 23.1 Å². The van der Waals surface area contributed by atoms with Crippen LogP contribution in [0.25, 0.3) is 10.2 Å². The van der Waals surface area contributed by atoms with Crippen molar-refractivity contribution in [3.8, 4) is 0 Å². The SMILES string of the molecule is Cc1cc(NC(=O)CSc2nc3sc(C)c(C)c3c(=O)n2C)no1. The summed E-state index contributed by atoms with van der Waals surface area (Å²) < 4.78 is 6.38. The molecule has 0 aromatic carbocycles. The number of carbonyl (C=O) groups is 1. The van der Waals surface area contributed by atoms with Gasteiger partial charge in [-0.15, -0.1) is 11.3 Å². The Morgan fingerprint density at radius 1 is 1.42 bits per heavy atom. The van der Waals surface area contributed by atoms with Crippen LogP contribution in [0.1, 0.15) is 16.2 Å². The smallest absolute Gasteiger partial charge is 0.262 e. The maximum absolute atomic E-state index is 12.5. The summed E-state index contributed by atoms with van der Waals surface area (Å²) in [5.41, 5.74) is 0.885. The van der Waals surface area contributed by atoms with Gasteiger partial charge in [-0.2, -0.15) is 0 Å². The molecule has 9 heteroatoms. The predicted octanol–water partition coefficient (Wildman–Crippen LogP) is 2.64. The Hall–Kier alpha value is -2.13. The first kappa shape index (κ1) is 16.7. The summed E-state index contributed by atoms with van der Waals surface area (Å²) in [6.07, 6.45) is 0. The zero-order valence-corrected chi connectivity index (χ0v) is 15.3. The van der Waals surface area contributed by atoms with Crippen molar-refractivity contribution in [2.45, 2.75) is 25.9 Å². The summed E-state index contributed by atoms with van der Waals surface area (Å²) in [4.78, 5) is 30.8. The molecule has 0 aliphatic rings. The van der Waals surface area contributed by atoms with Crippen molar-refractivity contribution in [1.82, 2.24) is 14.7 Å². The highest BCUT2D eigenvalue weighted by molar-refractivity contribution is 7.99. The van der Waals surface area contributed by atoms with Gasteiger partial charge < -0.3 is 9.84 Å². The number of hydrogen-bond donors (Lipinski definition) is 1. The molecule has 3 heterocycles. The summed E-state index contributed by atoms with van der Waals surface area (Å²) in [7, 11) is 1.67. The molecule has 0 radical (unpaired) electrons. The Balaban J connectivity index is 1.79. The van der Waals surface area contributed by atoms with Gasteiger partial charge in [0.1, 0.15) is 10.6 Å². The number of aromatic nitrogens is 3. The molecular weight excluding hydrogens is 348 g/mol. The van der Waals surface area contributed by atoms with E-state index in [4.69, 9.17) is 4.52 Å². The topological polar surface area (TPSA) is 90.0 Å². The minimum atomic E-state index is -0.235. The van der Waals surface area contributed by atoms with E-state index in [2.05, 4.69) is 15.5 Å². The molecule has 0 unspecified atom stereocenters. The van der Waals surface area contributed by atoms with E-state index in [-0.39, 0.29) is 17.2 Å². The van der Waals surface area contributed by atoms with E-state index >= 15 is 0 Å². The Labute approximate surface area is 146 Å². The molecule has 24 heavy (non-hydrogen) atoms. The van der Waals surface area contributed by atoms with E-state index in [0.717, 1.165) is 10.4 Å². The van der Waals surface area contributed by atoms with Crippen molar-refractivity contribution >= 4 is 45.0 Å². The quantitative estimate of drug-likeness (QED) is 0.565. The lowest BCUT2D eigenvalue weighted by Crippen LogP contribution is -2.21. The molecule has 3 rings (SSSR count). The van der Waals surface area contributed by atoms with Gasteiger partial charge in [-0.1, -0.05) is 16.9 Å². The molecule has 0 aliphatic heterocycles. The van der Waals surface area contributed by atoms with Crippen molar-refractivity contribution in [3.63, 3.8) is 0 Å². The van der Waals surface area contributed by atoms with Crippen LogP contribution in [0.5, 0.6) is 0 Å². The van der Waals surface area contributed by atoms with Crippen molar-refractivity contribution < 1.29 is 9.32 Å². The third kappa shape index (κ3) is 3.09. The molecule has 0 bridgehead atoms. The third-order valence-electron chi connectivity index (χ3n) is 3.60. The zero-order valence-electron chi connectivity index (χ0n) is 13.7. The molecule has 0 aliphatic carbocycles. The number of thioether (sulfide) groups is 1. The number of nitrogens with zero attached hydrogens (tertiary/aromatic N) is 3. The Bertz CT molecular complexity index is 987. The van der Waals surface area contributed by atoms with E-state index in [1.54, 1.807) is 20.0 Å². The van der Waals surface area contributed by atoms with Gasteiger partial charge in [-0.3, -0.25) is 14.2 Å². The first-order valence-electron chi connectivity index (χ1n) is 7.19. The normalized spacial score (nSPS) is 11.2. The number of anilines is 1. The summed E-state index contributed by atoms with van der Waals surface area (Å²) in [5.74, 6) is 0.887. The van der Waals surface area contributed by atoms with Gasteiger partial charge in [0.25, 0.3) is 5.56 Å². The van der Waals surface area contributed by atoms with Gasteiger partial charge in [0.15, 0.2) is 11.0 Å². The monoisotopic (exact) mass is 364 g/mol. The van der Waals surface area contributed by atoms with Crippen molar-refractivity contribution in [3.05, 3.63) is 32.6 Å². The molecule has 0 atom stereocenters. The minimum Gasteiger partial charge on any atom is -0.360 e. The first-order chi connectivity index (χ1) is 11.4. The molecule has 0 saturated heterocycles. The van der Waals surface area contributed by atoms with Crippen molar-refractivity contribution in [2.24, 2.45) is 7.05 Å². The van der Waals surface area contributed by atoms with Crippen LogP contribution in [0.4, 0.5) is 5.82 Å². The lowest BCUT2D eigenvalue weighted by Gasteiger charge is -2.07. The lowest BCUT2D eigenvalue weighted by atomic mass is 10.2. The number of amides is 1. The highest BCUT2D eigenvalue weighted by Crippen LogP contribution is 2.28. The summed E-state index contributed by atoms with van der Waals surface area (Å²) in [6.45, 7) is 5.65. The van der Waals surface area contributed by atoms with Crippen LogP contribution in [-0.4, -0.2) is 26.4 Å². The van der Waals surface area contributed by atoms with Gasteiger partial charge >= 0.3 is 0 Å². The van der Waals surface area contributed by atoms with Crippen LogP contribution < -0.4 is 10.9 Å². The molecule has 0 fully saturated rings. The second-order valence-corrected chi connectivity index (χ2v) is 7.53. The molecule has 0 spiro atoms. The predicted molar refractivity (Wildman–Crippen MR) is 94.9 cm³/mol. The second kappa shape index (κ2) is 6.40. The van der Waals surface area contributed by atoms with E-state index < -0.39 is 0 Å². The second-order valence-electron chi connectivity index (χ2n) is 5.38. The zero-order chi connectivity index (χ0) is 17.4. The molecule has 1 amide bonds. The number of fused-ring (bicyclic) bond motifs is 1. The maximum Gasteiger partial charge on any atom is 0.262 e. The Morgan fingerprint density at radius 3 is 2.83 bits per heavy atom. The van der Waals surface area contributed by atoms with Gasteiger partial charge in [0.2, 0.25) is 5.91 Å². The standard InChI is InChI=1S/C15H16N4O3S2/c1-7-5-10(18-22-7)16-11(20)6-23-15-17-13-12(14(21)19(15)4)8(2)9(3)24-13/h5H,6H2,1-4H3,(H,16,18,20). The highest BCUT2D eigenvalue weighted by Gasteiger charge is 2.16. The van der Waals surface area contributed by atoms with Gasteiger partial charge in [-0.25, -0.2) is 4.98 Å². The number of nitrogens with one attached hydrogen (secondary N) is 1. The van der Waals surface area contributed by atoms with Crippen LogP contribution in [0.15, 0.2) is 20.5 Å². The maximum atomic E-state index is 12.5. The Kier molecular flexibility index (Phi) is 4.46. The van der Waals surface area contributed by atoms with Crippen molar-refractivity contribution in [1.29, 1.82) is 0 Å². The fourth-order valence-corrected chi connectivity index (χ4v) is 4.06. The Morgan fingerprint density at radius 2 is 2.17 bits per heavy atom. The fourth-order valence-electron chi connectivity index (χ4n) is 2.22. The minimum absolute atomic E-state index is 0.0862. The van der Waals surface area contributed by atoms with E-state index in [9.17, 15) is 9.59 Å². The highest BCUT2D eigenvalue weighted by atomic mass is 32.2. The molecule has 3 aromatic heterocycles. The van der Waals surface area contributed by atoms with Crippen LogP contribution in [0, 0.1) is 20.8 Å². The number of rotatable bonds is 4. The molecule has 3 aromatic rings. The molecule has 126 valence electrons. The van der Waals surface area contributed by atoms with Crippen molar-refractivity contribution in [2.75, 3.05) is 11.1 Å². The third-order valence-corrected chi connectivity index (χ3v) is 5.73. The molecule has 7 nitrogen and oxygen atoms in total. The largest absolute Gasteiger partial charge is 0.360 e. The van der Waals surface area contributed by atoms with Gasteiger partial charge in [0.05, 0.1) is 11.1 Å². The van der Waals surface area contributed by atoms with Crippen LogP contribution in [-0.2, 0) is 11.8 Å². The number of hydrogen-bond acceptors (Lipinski definition) is 7. The van der Waals surface area contributed by atoms with Gasteiger partial charge in [-0.05, 0) is 26.3 Å². The van der Waals surface area contributed by atoms with E-state index in [1.807, 2.05) is 13.8 Å². The summed E-state index contributed by atoms with van der Waals surface area (Å²) in [6, 6.07) is 1.64. The lowest BCUT2D eigenvalue weighted by molar-refractivity contribution is -0.113. The molecule has 0 saturated carbocycles.